The Kier molecular flexibility index (Phi) is 4.40. The lowest BCUT2D eigenvalue weighted by molar-refractivity contribution is -0.128. The summed E-state index contributed by atoms with van der Waals surface area (Å²) in [6.07, 6.45) is 5.72. The van der Waals surface area contributed by atoms with Gasteiger partial charge in [0, 0.05) is 25.2 Å². The number of anilines is 1. The molecule has 1 aliphatic heterocycles. The first-order valence-electron chi connectivity index (χ1n) is 10.2. The molecule has 5 rings (SSSR count). The van der Waals surface area contributed by atoms with E-state index in [1.165, 1.54) is 0 Å². The summed E-state index contributed by atoms with van der Waals surface area (Å²) in [5.41, 5.74) is 8.41. The van der Waals surface area contributed by atoms with Crippen LogP contribution in [0.2, 0.25) is 0 Å². The number of nitriles is 1. The van der Waals surface area contributed by atoms with E-state index in [1.807, 2.05) is 12.3 Å². The summed E-state index contributed by atoms with van der Waals surface area (Å²) >= 11 is 0. The first-order valence-corrected chi connectivity index (χ1v) is 10.2. The number of hydrogen-bond donors (Lipinski definition) is 3. The standard InChI is InChI=1S/C22H23N7O/c23-11-14-1-3-15(4-2-14)18(24)28-21(30)17-6-10-29(12-22(17)7-8-22)20-16-5-9-25-19(16)26-13-27-20/h1-5,9,13,17-18H,6-8,10,12,24H2,(H,28,30)(H,25,26,27)/t17-,18-/m1/s1. The molecule has 1 saturated carbocycles. The smallest absolute Gasteiger partial charge is 0.225 e. The Morgan fingerprint density at radius 2 is 2.10 bits per heavy atom. The number of nitrogens with one attached hydrogen (secondary N) is 2. The van der Waals surface area contributed by atoms with Crippen LogP contribution in [0.25, 0.3) is 11.0 Å². The molecule has 2 fully saturated rings. The summed E-state index contributed by atoms with van der Waals surface area (Å²) in [4.78, 5) is 27.3. The van der Waals surface area contributed by atoms with Gasteiger partial charge in [0.2, 0.25) is 5.91 Å². The van der Waals surface area contributed by atoms with Gasteiger partial charge in [0.15, 0.2) is 0 Å². The number of amides is 1. The van der Waals surface area contributed by atoms with E-state index in [9.17, 15) is 4.79 Å². The van der Waals surface area contributed by atoms with Crippen LogP contribution in [0.15, 0.2) is 42.9 Å². The highest BCUT2D eigenvalue weighted by Gasteiger charge is 2.55. The van der Waals surface area contributed by atoms with Gasteiger partial charge in [0.1, 0.15) is 24.0 Å². The second-order valence-corrected chi connectivity index (χ2v) is 8.28. The molecule has 30 heavy (non-hydrogen) atoms. The topological polar surface area (TPSA) is 124 Å². The SMILES string of the molecule is N#Cc1ccc([C@H](N)NC(=O)[C@H]2CCN(c3ncnc4[nH]ccc34)CC23CC3)cc1. The fourth-order valence-electron chi connectivity index (χ4n) is 4.63. The molecule has 0 bridgehead atoms. The lowest BCUT2D eigenvalue weighted by atomic mass is 9.81. The van der Waals surface area contributed by atoms with Crippen molar-refractivity contribution in [2.45, 2.75) is 25.4 Å². The molecule has 2 aliphatic rings. The first kappa shape index (κ1) is 18.6. The number of aromatic nitrogens is 3. The van der Waals surface area contributed by atoms with E-state index in [0.717, 1.165) is 54.8 Å². The van der Waals surface area contributed by atoms with Crippen molar-refractivity contribution in [3.8, 4) is 6.07 Å². The monoisotopic (exact) mass is 401 g/mol. The van der Waals surface area contributed by atoms with Crippen molar-refractivity contribution in [2.75, 3.05) is 18.0 Å². The molecule has 1 spiro atoms. The summed E-state index contributed by atoms with van der Waals surface area (Å²) in [5.74, 6) is 0.890. The van der Waals surface area contributed by atoms with Gasteiger partial charge < -0.3 is 20.9 Å². The van der Waals surface area contributed by atoms with E-state index in [0.29, 0.717) is 5.56 Å². The van der Waals surface area contributed by atoms with Gasteiger partial charge in [-0.25, -0.2) is 9.97 Å². The van der Waals surface area contributed by atoms with E-state index in [2.05, 4.69) is 31.2 Å². The number of carbonyl (C=O) groups excluding carboxylic acids is 1. The Morgan fingerprint density at radius 1 is 1.30 bits per heavy atom. The van der Waals surface area contributed by atoms with E-state index in [1.54, 1.807) is 30.6 Å². The molecule has 1 aromatic carbocycles. The minimum Gasteiger partial charge on any atom is -0.355 e. The van der Waals surface area contributed by atoms with Crippen molar-refractivity contribution >= 4 is 22.8 Å². The van der Waals surface area contributed by atoms with Crippen molar-refractivity contribution in [3.05, 3.63) is 54.0 Å². The van der Waals surface area contributed by atoms with Crippen LogP contribution in [-0.4, -0.2) is 33.9 Å². The van der Waals surface area contributed by atoms with E-state index < -0.39 is 6.17 Å². The minimum atomic E-state index is -0.583. The van der Waals surface area contributed by atoms with Crippen molar-refractivity contribution in [1.82, 2.24) is 20.3 Å². The maximum atomic E-state index is 13.1. The second-order valence-electron chi connectivity index (χ2n) is 8.28. The third kappa shape index (κ3) is 3.17. The van der Waals surface area contributed by atoms with E-state index >= 15 is 0 Å². The molecule has 4 N–H and O–H groups in total. The number of H-pyrrole nitrogens is 1. The average Bonchev–Trinajstić information content (AvgIpc) is 3.34. The highest BCUT2D eigenvalue weighted by atomic mass is 16.2. The molecule has 8 nitrogen and oxygen atoms in total. The van der Waals surface area contributed by atoms with Crippen LogP contribution in [0.3, 0.4) is 0 Å². The van der Waals surface area contributed by atoms with Crippen molar-refractivity contribution in [3.63, 3.8) is 0 Å². The first-order chi connectivity index (χ1) is 14.6. The van der Waals surface area contributed by atoms with Crippen LogP contribution in [0.1, 0.15) is 36.6 Å². The Balaban J connectivity index is 1.29. The number of nitrogens with zero attached hydrogens (tertiary/aromatic N) is 4. The highest BCUT2D eigenvalue weighted by molar-refractivity contribution is 5.88. The summed E-state index contributed by atoms with van der Waals surface area (Å²) in [5, 5.41) is 12.9. The fourth-order valence-corrected chi connectivity index (χ4v) is 4.63. The van der Waals surface area contributed by atoms with E-state index in [-0.39, 0.29) is 17.2 Å². The quantitative estimate of drug-likeness (QED) is 0.576. The lowest BCUT2D eigenvalue weighted by Crippen LogP contribution is -2.49. The molecule has 152 valence electrons. The van der Waals surface area contributed by atoms with Crippen LogP contribution in [0.5, 0.6) is 0 Å². The van der Waals surface area contributed by atoms with Crippen LogP contribution in [0, 0.1) is 22.7 Å². The zero-order chi connectivity index (χ0) is 20.7. The van der Waals surface area contributed by atoms with Crippen molar-refractivity contribution in [2.24, 2.45) is 17.1 Å². The Hall–Kier alpha value is -3.44. The Bertz CT molecular complexity index is 1130. The molecular weight excluding hydrogens is 378 g/mol. The van der Waals surface area contributed by atoms with Gasteiger partial charge in [-0.2, -0.15) is 5.26 Å². The van der Waals surface area contributed by atoms with Crippen LogP contribution in [-0.2, 0) is 4.79 Å². The Morgan fingerprint density at radius 3 is 2.83 bits per heavy atom. The van der Waals surface area contributed by atoms with Crippen molar-refractivity contribution < 1.29 is 4.79 Å². The number of fused-ring (bicyclic) bond motifs is 1. The molecule has 0 unspecified atom stereocenters. The molecule has 1 amide bonds. The minimum absolute atomic E-state index is 0.0125. The maximum Gasteiger partial charge on any atom is 0.225 e. The molecule has 1 saturated heterocycles. The average molecular weight is 401 g/mol. The number of piperidine rings is 1. The maximum absolute atomic E-state index is 13.1. The number of hydrogen-bond acceptors (Lipinski definition) is 6. The zero-order valence-electron chi connectivity index (χ0n) is 16.5. The van der Waals surface area contributed by atoms with Crippen LogP contribution < -0.4 is 16.0 Å². The van der Waals surface area contributed by atoms with Gasteiger partial charge >= 0.3 is 0 Å². The van der Waals surface area contributed by atoms with Gasteiger partial charge in [0.05, 0.1) is 17.0 Å². The molecule has 0 radical (unpaired) electrons. The third-order valence-corrected chi connectivity index (χ3v) is 6.47. The summed E-state index contributed by atoms with van der Waals surface area (Å²) in [6.45, 7) is 1.58. The fraction of sp³-hybridized carbons (Fsp3) is 0.364. The number of benzene rings is 1. The van der Waals surface area contributed by atoms with E-state index in [4.69, 9.17) is 11.0 Å². The predicted molar refractivity (Wildman–Crippen MR) is 112 cm³/mol. The van der Waals surface area contributed by atoms with Gasteiger partial charge in [0.25, 0.3) is 0 Å². The number of carbonyl (C=O) groups is 1. The molecule has 8 heteroatoms. The number of nitrogens with two attached hydrogens (primary N) is 1. The van der Waals surface area contributed by atoms with Gasteiger partial charge in [-0.15, -0.1) is 0 Å². The molecule has 2 atom stereocenters. The highest BCUT2D eigenvalue weighted by Crippen LogP contribution is 2.56. The summed E-state index contributed by atoms with van der Waals surface area (Å²) < 4.78 is 0. The van der Waals surface area contributed by atoms with Crippen molar-refractivity contribution in [1.29, 1.82) is 5.26 Å². The number of aromatic amines is 1. The molecule has 1 aliphatic carbocycles. The molecule has 3 heterocycles. The predicted octanol–water partition coefficient (Wildman–Crippen LogP) is 2.21. The largest absolute Gasteiger partial charge is 0.355 e. The van der Waals surface area contributed by atoms with Gasteiger partial charge in [-0.05, 0) is 48.4 Å². The van der Waals surface area contributed by atoms with Crippen LogP contribution in [0.4, 0.5) is 5.82 Å². The van der Waals surface area contributed by atoms with Crippen LogP contribution >= 0.6 is 0 Å². The molecule has 2 aromatic heterocycles. The van der Waals surface area contributed by atoms with Gasteiger partial charge in [-0.1, -0.05) is 12.1 Å². The zero-order valence-corrected chi connectivity index (χ0v) is 16.5. The second kappa shape index (κ2) is 7.11. The molecular formula is C22H23N7O. The normalized spacial score (nSPS) is 20.7. The lowest BCUT2D eigenvalue weighted by Gasteiger charge is -2.39. The molecule has 3 aromatic rings. The number of rotatable bonds is 4. The summed E-state index contributed by atoms with van der Waals surface area (Å²) in [7, 11) is 0. The third-order valence-electron chi connectivity index (χ3n) is 6.47. The Labute approximate surface area is 174 Å². The van der Waals surface area contributed by atoms with Gasteiger partial charge in [-0.3, -0.25) is 4.79 Å². The summed E-state index contributed by atoms with van der Waals surface area (Å²) in [6, 6.07) is 11.1.